The van der Waals surface area contributed by atoms with Gasteiger partial charge < -0.3 is 30.0 Å². The van der Waals surface area contributed by atoms with Gasteiger partial charge in [0, 0.05) is 18.4 Å². The van der Waals surface area contributed by atoms with E-state index >= 15 is 0 Å². The summed E-state index contributed by atoms with van der Waals surface area (Å²) in [5.74, 6) is -0.245. The summed E-state index contributed by atoms with van der Waals surface area (Å²) in [4.78, 5) is 48.3. The van der Waals surface area contributed by atoms with Crippen molar-refractivity contribution in [2.45, 2.75) is 71.8 Å². The van der Waals surface area contributed by atoms with Gasteiger partial charge in [0.25, 0.3) is 11.8 Å². The summed E-state index contributed by atoms with van der Waals surface area (Å²) < 4.78 is 22.1. The predicted molar refractivity (Wildman–Crippen MR) is 158 cm³/mol. The zero-order chi connectivity index (χ0) is 31.1. The van der Waals surface area contributed by atoms with E-state index in [1.165, 1.54) is 0 Å². The van der Waals surface area contributed by atoms with Crippen LogP contribution in [-0.4, -0.2) is 50.9 Å². The van der Waals surface area contributed by atoms with Crippen molar-refractivity contribution in [2.24, 2.45) is 11.1 Å². The van der Waals surface area contributed by atoms with Crippen molar-refractivity contribution in [3.63, 3.8) is 0 Å². The highest BCUT2D eigenvalue weighted by molar-refractivity contribution is 6.38. The number of methoxy groups -OCH3 is 2. The molecular weight excluding hydrogens is 540 g/mol. The van der Waals surface area contributed by atoms with E-state index in [0.29, 0.717) is 62.3 Å². The van der Waals surface area contributed by atoms with Crippen LogP contribution < -0.4 is 25.3 Å². The van der Waals surface area contributed by atoms with E-state index in [2.05, 4.69) is 5.32 Å². The minimum Gasteiger partial charge on any atom is -0.493 e. The molecule has 0 aliphatic carbocycles. The number of hydrogen-bond acceptors (Lipinski definition) is 8. The summed E-state index contributed by atoms with van der Waals surface area (Å²) in [7, 11) is 3.15. The Hall–Kier alpha value is -4.08. The Morgan fingerprint density at radius 1 is 0.952 bits per heavy atom. The zero-order valence-corrected chi connectivity index (χ0v) is 25.3. The normalized spacial score (nSPS) is 11.7. The quantitative estimate of drug-likeness (QED) is 0.140. The SMILES string of the molecule is CCC(C)(C)C(=O)C(=O)NCCCCCC(=O)O[C@H](CCc1ccc(OC)c(OC)c1)c1cccc(OCC(N)=O)c1. The lowest BCUT2D eigenvalue weighted by molar-refractivity contribution is -0.150. The molecule has 0 aromatic heterocycles. The van der Waals surface area contributed by atoms with Crippen molar-refractivity contribution in [1.29, 1.82) is 0 Å². The lowest BCUT2D eigenvalue weighted by atomic mass is 9.85. The molecule has 2 rings (SSSR count). The molecule has 0 aliphatic rings. The number of ether oxygens (including phenoxy) is 4. The number of nitrogens with two attached hydrogens (primary N) is 1. The van der Waals surface area contributed by atoms with Crippen molar-refractivity contribution >= 4 is 23.6 Å². The first-order valence-electron chi connectivity index (χ1n) is 14.2. The van der Waals surface area contributed by atoms with Crippen molar-refractivity contribution in [3.8, 4) is 17.2 Å². The van der Waals surface area contributed by atoms with Crippen molar-refractivity contribution < 1.29 is 38.1 Å². The van der Waals surface area contributed by atoms with Crippen LogP contribution in [0.2, 0.25) is 0 Å². The summed E-state index contributed by atoms with van der Waals surface area (Å²) in [6.45, 7) is 5.49. The minimum absolute atomic E-state index is 0.209. The van der Waals surface area contributed by atoms with Gasteiger partial charge in [0.2, 0.25) is 5.78 Å². The number of ketones is 1. The molecule has 230 valence electrons. The number of nitrogens with one attached hydrogen (secondary N) is 1. The van der Waals surface area contributed by atoms with Crippen LogP contribution in [0.15, 0.2) is 42.5 Å². The maximum atomic E-state index is 12.8. The Bertz CT molecular complexity index is 1210. The fourth-order valence-electron chi connectivity index (χ4n) is 4.13. The Morgan fingerprint density at radius 2 is 1.69 bits per heavy atom. The standard InChI is InChI=1S/C32H44N2O8/c1-6-32(2,3)30(37)31(38)34-18-9-7-8-13-29(36)42-25(23-11-10-12-24(20-23)41-21-28(33)35)16-14-22-15-17-26(39-4)27(19-22)40-5/h10-12,15,17,19-20,25H,6-9,13-14,16,18,21H2,1-5H3,(H2,33,35)(H,34,38)/t25-/m1/s1. The summed E-state index contributed by atoms with van der Waals surface area (Å²) in [5.41, 5.74) is 6.23. The van der Waals surface area contributed by atoms with Crippen molar-refractivity contribution in [3.05, 3.63) is 53.6 Å². The van der Waals surface area contributed by atoms with E-state index < -0.39 is 29.1 Å². The molecule has 10 nitrogen and oxygen atoms in total. The molecule has 3 N–H and O–H groups in total. The minimum atomic E-state index is -0.683. The Kier molecular flexibility index (Phi) is 13.8. The number of aryl methyl sites for hydroxylation is 1. The molecule has 2 aromatic rings. The van der Waals surface area contributed by atoms with E-state index in [0.717, 1.165) is 11.1 Å². The number of primary amides is 1. The molecule has 2 amide bonds. The number of amides is 2. The first kappa shape index (κ1) is 34.1. The van der Waals surface area contributed by atoms with Gasteiger partial charge in [-0.15, -0.1) is 0 Å². The van der Waals surface area contributed by atoms with Crippen LogP contribution >= 0.6 is 0 Å². The van der Waals surface area contributed by atoms with Gasteiger partial charge in [-0.3, -0.25) is 19.2 Å². The lowest BCUT2D eigenvalue weighted by Crippen LogP contribution is -2.39. The number of rotatable bonds is 19. The van der Waals surface area contributed by atoms with Crippen LogP contribution in [0.4, 0.5) is 0 Å². The van der Waals surface area contributed by atoms with Crippen LogP contribution in [0.5, 0.6) is 17.2 Å². The number of carbonyl (C=O) groups excluding carboxylic acids is 4. The first-order valence-corrected chi connectivity index (χ1v) is 14.2. The molecule has 10 heteroatoms. The van der Waals surface area contributed by atoms with E-state index in [1.54, 1.807) is 46.3 Å². The van der Waals surface area contributed by atoms with Crippen LogP contribution in [0.1, 0.15) is 76.5 Å². The fraction of sp³-hybridized carbons (Fsp3) is 0.500. The molecule has 1 atom stereocenters. The van der Waals surface area contributed by atoms with Gasteiger partial charge in [0.1, 0.15) is 11.9 Å². The van der Waals surface area contributed by atoms with Crippen molar-refractivity contribution in [2.75, 3.05) is 27.4 Å². The van der Waals surface area contributed by atoms with Gasteiger partial charge in [-0.25, -0.2) is 0 Å². The number of benzene rings is 2. The smallest absolute Gasteiger partial charge is 0.306 e. The van der Waals surface area contributed by atoms with Crippen LogP contribution in [0, 0.1) is 5.41 Å². The van der Waals surface area contributed by atoms with Crippen molar-refractivity contribution in [1.82, 2.24) is 5.32 Å². The Labute approximate surface area is 248 Å². The maximum absolute atomic E-state index is 12.8. The predicted octanol–water partition coefficient (Wildman–Crippen LogP) is 4.47. The largest absolute Gasteiger partial charge is 0.493 e. The molecule has 0 saturated heterocycles. The number of esters is 1. The topological polar surface area (TPSA) is 143 Å². The first-order chi connectivity index (χ1) is 20.0. The highest BCUT2D eigenvalue weighted by Crippen LogP contribution is 2.31. The molecule has 0 unspecified atom stereocenters. The third-order valence-electron chi connectivity index (χ3n) is 7.08. The zero-order valence-electron chi connectivity index (χ0n) is 25.3. The molecule has 0 bridgehead atoms. The van der Waals surface area contributed by atoms with E-state index in [9.17, 15) is 19.2 Å². The molecule has 42 heavy (non-hydrogen) atoms. The summed E-state index contributed by atoms with van der Waals surface area (Å²) in [6.07, 6.45) is 3.23. The monoisotopic (exact) mass is 584 g/mol. The Balaban J connectivity index is 1.97. The fourth-order valence-corrected chi connectivity index (χ4v) is 4.13. The molecule has 0 spiro atoms. The third kappa shape index (κ3) is 11.1. The van der Waals surface area contributed by atoms with Gasteiger partial charge in [0.05, 0.1) is 14.2 Å². The second-order valence-electron chi connectivity index (χ2n) is 10.7. The highest BCUT2D eigenvalue weighted by atomic mass is 16.5. The van der Waals surface area contributed by atoms with Crippen LogP contribution in [0.25, 0.3) is 0 Å². The van der Waals surface area contributed by atoms with Crippen LogP contribution in [0.3, 0.4) is 0 Å². The number of Topliss-reactive ketones (excluding diaryl/α,β-unsaturated/α-hetero) is 1. The molecule has 0 fully saturated rings. The molecule has 0 saturated carbocycles. The van der Waals surface area contributed by atoms with E-state index in [4.69, 9.17) is 24.7 Å². The second-order valence-corrected chi connectivity index (χ2v) is 10.7. The molecule has 2 aromatic carbocycles. The number of carbonyl (C=O) groups is 4. The summed E-state index contributed by atoms with van der Waals surface area (Å²) in [5, 5.41) is 2.67. The average Bonchev–Trinajstić information content (AvgIpc) is 2.99. The Morgan fingerprint density at radius 3 is 2.36 bits per heavy atom. The highest BCUT2D eigenvalue weighted by Gasteiger charge is 2.30. The summed E-state index contributed by atoms with van der Waals surface area (Å²) >= 11 is 0. The van der Waals surface area contributed by atoms with Gasteiger partial charge in [-0.05, 0) is 67.5 Å². The maximum Gasteiger partial charge on any atom is 0.306 e. The summed E-state index contributed by atoms with van der Waals surface area (Å²) in [6, 6.07) is 12.7. The second kappa shape index (κ2) is 17.0. The van der Waals surface area contributed by atoms with Gasteiger partial charge >= 0.3 is 5.97 Å². The molecular formula is C32H44N2O8. The molecule has 0 heterocycles. The van der Waals surface area contributed by atoms with E-state index in [1.807, 2.05) is 31.2 Å². The van der Waals surface area contributed by atoms with Gasteiger partial charge in [-0.2, -0.15) is 0 Å². The van der Waals surface area contributed by atoms with Gasteiger partial charge in [-0.1, -0.05) is 45.4 Å². The molecule has 0 radical (unpaired) electrons. The van der Waals surface area contributed by atoms with E-state index in [-0.39, 0.29) is 19.0 Å². The van der Waals surface area contributed by atoms with Gasteiger partial charge in [0.15, 0.2) is 18.1 Å². The average molecular weight is 585 g/mol. The number of hydrogen-bond donors (Lipinski definition) is 2. The number of unbranched alkanes of at least 4 members (excludes halogenated alkanes) is 2. The lowest BCUT2D eigenvalue weighted by Gasteiger charge is -2.20. The van der Waals surface area contributed by atoms with Crippen LogP contribution in [-0.2, 0) is 30.3 Å². The third-order valence-corrected chi connectivity index (χ3v) is 7.08. The molecule has 0 aliphatic heterocycles.